The van der Waals surface area contributed by atoms with E-state index in [9.17, 15) is 4.79 Å². The molecule has 0 aliphatic heterocycles. The van der Waals surface area contributed by atoms with Gasteiger partial charge in [0.25, 0.3) is 0 Å². The third kappa shape index (κ3) is 2.50. The molecule has 4 nitrogen and oxygen atoms in total. The summed E-state index contributed by atoms with van der Waals surface area (Å²) in [5.41, 5.74) is 0.675. The van der Waals surface area contributed by atoms with Gasteiger partial charge in [-0.15, -0.1) is 22.7 Å². The van der Waals surface area contributed by atoms with Crippen LogP contribution >= 0.6 is 22.7 Å². The van der Waals surface area contributed by atoms with Crippen molar-refractivity contribution in [3.8, 4) is 5.88 Å². The molecule has 0 atom stereocenters. The largest absolute Gasteiger partial charge is 0.481 e. The van der Waals surface area contributed by atoms with E-state index in [1.807, 2.05) is 17.5 Å². The van der Waals surface area contributed by atoms with Gasteiger partial charge in [0.1, 0.15) is 6.33 Å². The van der Waals surface area contributed by atoms with E-state index in [1.165, 1.54) is 17.7 Å². The van der Waals surface area contributed by atoms with E-state index in [0.717, 1.165) is 14.3 Å². The molecule has 0 fully saturated rings. The van der Waals surface area contributed by atoms with Gasteiger partial charge in [0, 0.05) is 15.5 Å². The van der Waals surface area contributed by atoms with Crippen molar-refractivity contribution in [3.63, 3.8) is 0 Å². The van der Waals surface area contributed by atoms with E-state index in [1.54, 1.807) is 24.5 Å². The number of ether oxygens (including phenoxy) is 1. The van der Waals surface area contributed by atoms with Crippen LogP contribution in [-0.4, -0.2) is 22.9 Å². The second-order valence-electron chi connectivity index (χ2n) is 3.91. The third-order valence-electron chi connectivity index (χ3n) is 2.66. The van der Waals surface area contributed by atoms with Crippen LogP contribution in [0.15, 0.2) is 29.9 Å². The topological polar surface area (TPSA) is 52.1 Å². The standard InChI is InChI=1S/C13H10N2O2S2/c1-17-13-5-8(14-7-15-13)4-9(16)11-6-12-10(19-11)2-3-18-12/h2-3,5-7H,4H2,1H3. The molecular weight excluding hydrogens is 280 g/mol. The molecule has 0 amide bonds. The maximum Gasteiger partial charge on any atom is 0.216 e. The zero-order valence-electron chi connectivity index (χ0n) is 10.1. The molecule has 0 unspecified atom stereocenters. The Balaban J connectivity index is 1.82. The van der Waals surface area contributed by atoms with Gasteiger partial charge in [0.15, 0.2) is 5.78 Å². The van der Waals surface area contributed by atoms with Crippen LogP contribution in [0.1, 0.15) is 15.4 Å². The summed E-state index contributed by atoms with van der Waals surface area (Å²) in [6.07, 6.45) is 1.68. The number of Topliss-reactive ketones (excluding diaryl/α,β-unsaturated/α-hetero) is 1. The van der Waals surface area contributed by atoms with Crippen LogP contribution in [0.3, 0.4) is 0 Å². The number of methoxy groups -OCH3 is 1. The first kappa shape index (κ1) is 12.3. The molecule has 0 spiro atoms. The van der Waals surface area contributed by atoms with Gasteiger partial charge in [0.05, 0.1) is 24.1 Å². The first-order chi connectivity index (χ1) is 9.26. The van der Waals surface area contributed by atoms with Crippen molar-refractivity contribution in [1.82, 2.24) is 9.97 Å². The number of rotatable bonds is 4. The monoisotopic (exact) mass is 290 g/mol. The van der Waals surface area contributed by atoms with Gasteiger partial charge in [-0.3, -0.25) is 4.79 Å². The predicted molar refractivity (Wildman–Crippen MR) is 76.3 cm³/mol. The fourth-order valence-corrected chi connectivity index (χ4v) is 3.79. The van der Waals surface area contributed by atoms with E-state index >= 15 is 0 Å². The SMILES string of the molecule is COc1cc(CC(=O)c2cc3sccc3s2)ncn1. The van der Waals surface area contributed by atoms with Crippen molar-refractivity contribution in [1.29, 1.82) is 0 Å². The Morgan fingerprint density at radius 3 is 3.00 bits per heavy atom. The quantitative estimate of drug-likeness (QED) is 0.692. The molecule has 0 bridgehead atoms. The van der Waals surface area contributed by atoms with E-state index < -0.39 is 0 Å². The lowest BCUT2D eigenvalue weighted by molar-refractivity contribution is 0.0996. The number of hydrogen-bond acceptors (Lipinski definition) is 6. The molecule has 0 saturated carbocycles. The molecule has 3 rings (SSSR count). The molecule has 6 heteroatoms. The van der Waals surface area contributed by atoms with Crippen molar-refractivity contribution in [3.05, 3.63) is 40.5 Å². The first-order valence-electron chi connectivity index (χ1n) is 5.61. The summed E-state index contributed by atoms with van der Waals surface area (Å²) in [6, 6.07) is 5.68. The summed E-state index contributed by atoms with van der Waals surface area (Å²) in [5, 5.41) is 2.03. The van der Waals surface area contributed by atoms with Crippen LogP contribution in [0.2, 0.25) is 0 Å². The second-order valence-corrected chi connectivity index (χ2v) is 5.94. The lowest BCUT2D eigenvalue weighted by atomic mass is 10.2. The molecular formula is C13H10N2O2S2. The zero-order valence-corrected chi connectivity index (χ0v) is 11.8. The highest BCUT2D eigenvalue weighted by Crippen LogP contribution is 2.30. The van der Waals surface area contributed by atoms with Gasteiger partial charge >= 0.3 is 0 Å². The number of ketones is 1. The Morgan fingerprint density at radius 2 is 2.21 bits per heavy atom. The molecule has 96 valence electrons. The minimum absolute atomic E-state index is 0.0779. The van der Waals surface area contributed by atoms with Crippen molar-refractivity contribution in [2.75, 3.05) is 7.11 Å². The minimum Gasteiger partial charge on any atom is -0.481 e. The number of nitrogens with zero attached hydrogens (tertiary/aromatic N) is 2. The van der Waals surface area contributed by atoms with E-state index in [4.69, 9.17) is 4.74 Å². The zero-order chi connectivity index (χ0) is 13.2. The number of hydrogen-bond donors (Lipinski definition) is 0. The Morgan fingerprint density at radius 1 is 1.32 bits per heavy atom. The van der Waals surface area contributed by atoms with Crippen molar-refractivity contribution >= 4 is 37.9 Å². The van der Waals surface area contributed by atoms with Gasteiger partial charge in [0.2, 0.25) is 5.88 Å². The Labute approximate surface area is 117 Å². The maximum atomic E-state index is 12.2. The molecule has 0 aliphatic carbocycles. The Bertz CT molecular complexity index is 704. The molecule has 3 heterocycles. The summed E-state index contributed by atoms with van der Waals surface area (Å²) < 4.78 is 7.34. The summed E-state index contributed by atoms with van der Waals surface area (Å²) in [4.78, 5) is 21.0. The number of aromatic nitrogens is 2. The van der Waals surface area contributed by atoms with Gasteiger partial charge in [-0.1, -0.05) is 0 Å². The normalized spacial score (nSPS) is 10.8. The van der Waals surface area contributed by atoms with Crippen LogP contribution in [0.25, 0.3) is 9.40 Å². The van der Waals surface area contributed by atoms with Crippen LogP contribution in [0.4, 0.5) is 0 Å². The summed E-state index contributed by atoms with van der Waals surface area (Å²) in [6.45, 7) is 0. The van der Waals surface area contributed by atoms with Crippen molar-refractivity contribution < 1.29 is 9.53 Å². The molecule has 19 heavy (non-hydrogen) atoms. The average Bonchev–Trinajstić information content (AvgIpc) is 2.99. The number of fused-ring (bicyclic) bond motifs is 1. The molecule has 0 aromatic carbocycles. The highest BCUT2D eigenvalue weighted by Gasteiger charge is 2.13. The van der Waals surface area contributed by atoms with E-state index in [-0.39, 0.29) is 12.2 Å². The second kappa shape index (κ2) is 5.07. The smallest absolute Gasteiger partial charge is 0.216 e. The average molecular weight is 290 g/mol. The van der Waals surface area contributed by atoms with Gasteiger partial charge in [-0.25, -0.2) is 9.97 Å². The molecule has 0 aliphatic rings. The molecule has 0 N–H and O–H groups in total. The highest BCUT2D eigenvalue weighted by molar-refractivity contribution is 7.27. The molecule has 0 radical (unpaired) electrons. The highest BCUT2D eigenvalue weighted by atomic mass is 32.1. The Kier molecular flexibility index (Phi) is 3.27. The number of carbonyl (C=O) groups is 1. The van der Waals surface area contributed by atoms with E-state index in [0.29, 0.717) is 11.6 Å². The van der Waals surface area contributed by atoms with Crippen LogP contribution in [-0.2, 0) is 6.42 Å². The van der Waals surface area contributed by atoms with Crippen LogP contribution in [0.5, 0.6) is 5.88 Å². The van der Waals surface area contributed by atoms with Crippen molar-refractivity contribution in [2.45, 2.75) is 6.42 Å². The number of thiophene rings is 2. The minimum atomic E-state index is 0.0779. The molecule has 0 saturated heterocycles. The van der Waals surface area contributed by atoms with Gasteiger partial charge in [-0.2, -0.15) is 0 Å². The molecule has 3 aromatic heterocycles. The lowest BCUT2D eigenvalue weighted by Gasteiger charge is -2.01. The first-order valence-corrected chi connectivity index (χ1v) is 7.31. The fraction of sp³-hybridized carbons (Fsp3) is 0.154. The van der Waals surface area contributed by atoms with Gasteiger partial charge in [-0.05, 0) is 17.5 Å². The van der Waals surface area contributed by atoms with Crippen molar-refractivity contribution in [2.24, 2.45) is 0 Å². The van der Waals surface area contributed by atoms with E-state index in [2.05, 4.69) is 9.97 Å². The predicted octanol–water partition coefficient (Wildman–Crippen LogP) is 3.19. The summed E-state index contributed by atoms with van der Waals surface area (Å²) in [5.74, 6) is 0.555. The Hall–Kier alpha value is -1.79. The fourth-order valence-electron chi connectivity index (χ4n) is 1.74. The third-order valence-corrected chi connectivity index (χ3v) is 4.80. The summed E-state index contributed by atoms with van der Waals surface area (Å²) >= 11 is 3.18. The van der Waals surface area contributed by atoms with Gasteiger partial charge < -0.3 is 4.74 Å². The summed E-state index contributed by atoms with van der Waals surface area (Å²) in [7, 11) is 1.54. The number of carbonyl (C=O) groups excluding carboxylic acids is 1. The van der Waals surface area contributed by atoms with Crippen LogP contribution in [0, 0.1) is 0 Å². The lowest BCUT2D eigenvalue weighted by Crippen LogP contribution is -2.04. The maximum absolute atomic E-state index is 12.2. The molecule has 3 aromatic rings. The van der Waals surface area contributed by atoms with Crippen LogP contribution < -0.4 is 4.74 Å².